The van der Waals surface area contributed by atoms with Crippen LogP contribution >= 0.6 is 11.6 Å². The van der Waals surface area contributed by atoms with Crippen LogP contribution in [0.25, 0.3) is 5.82 Å². The second-order valence-electron chi connectivity index (χ2n) is 7.09. The number of pyridine rings is 1. The van der Waals surface area contributed by atoms with E-state index in [0.717, 1.165) is 11.8 Å². The van der Waals surface area contributed by atoms with E-state index in [0.29, 0.717) is 17.3 Å². The van der Waals surface area contributed by atoms with Crippen molar-refractivity contribution in [2.24, 2.45) is 0 Å². The number of carbonyl (C=O) groups excluding carboxylic acids is 1. The number of nitrogens with zero attached hydrogens (tertiary/aromatic N) is 5. The molecule has 0 atom stereocenters. The molecule has 174 valence electrons. The minimum atomic E-state index is -3.51. The highest BCUT2D eigenvalue weighted by Gasteiger charge is 2.15. The van der Waals surface area contributed by atoms with Crippen LogP contribution in [0.3, 0.4) is 0 Å². The summed E-state index contributed by atoms with van der Waals surface area (Å²) in [5.41, 5.74) is 1.55. The number of ether oxygens (including phenoxy) is 1. The summed E-state index contributed by atoms with van der Waals surface area (Å²) in [5, 5.41) is 7.14. The topological polar surface area (TPSA) is 141 Å². The minimum absolute atomic E-state index is 0.222. The largest absolute Gasteiger partial charge is 0.485 e. The normalized spacial score (nSPS) is 11.1. The molecule has 1 amide bonds. The van der Waals surface area contributed by atoms with Crippen LogP contribution in [0.4, 0.5) is 11.4 Å². The maximum absolute atomic E-state index is 12.8. The number of amides is 1. The molecule has 13 heteroatoms. The van der Waals surface area contributed by atoms with Gasteiger partial charge in [-0.1, -0.05) is 11.6 Å². The lowest BCUT2D eigenvalue weighted by atomic mass is 10.2. The lowest BCUT2D eigenvalue weighted by Crippen LogP contribution is -2.13. The Bertz CT molecular complexity index is 1430. The molecule has 1 aromatic carbocycles. The fraction of sp³-hybridized carbons (Fsp3) is 0.0952. The lowest BCUT2D eigenvalue weighted by molar-refractivity contribution is 0.102. The van der Waals surface area contributed by atoms with E-state index in [1.165, 1.54) is 41.6 Å². The molecule has 11 nitrogen and oxygen atoms in total. The molecule has 0 aliphatic rings. The van der Waals surface area contributed by atoms with Crippen LogP contribution in [0.2, 0.25) is 5.02 Å². The zero-order valence-electron chi connectivity index (χ0n) is 17.7. The zero-order valence-corrected chi connectivity index (χ0v) is 19.3. The predicted molar refractivity (Wildman–Crippen MR) is 126 cm³/mol. The first kappa shape index (κ1) is 23.1. The Morgan fingerprint density at radius 2 is 1.91 bits per heavy atom. The number of halogens is 1. The van der Waals surface area contributed by atoms with Crippen LogP contribution in [0.15, 0.2) is 67.6 Å². The summed E-state index contributed by atoms with van der Waals surface area (Å²) in [6, 6.07) is 7.83. The van der Waals surface area contributed by atoms with E-state index < -0.39 is 15.9 Å². The van der Waals surface area contributed by atoms with Gasteiger partial charge in [-0.3, -0.25) is 9.52 Å². The summed E-state index contributed by atoms with van der Waals surface area (Å²) in [4.78, 5) is 25.0. The molecule has 3 aromatic heterocycles. The summed E-state index contributed by atoms with van der Waals surface area (Å²) in [5.74, 6) is 0.368. The molecule has 0 saturated heterocycles. The highest BCUT2D eigenvalue weighted by molar-refractivity contribution is 7.92. The number of anilines is 2. The van der Waals surface area contributed by atoms with Crippen molar-refractivity contribution >= 4 is 38.9 Å². The van der Waals surface area contributed by atoms with Crippen LogP contribution in [0.5, 0.6) is 5.75 Å². The highest BCUT2D eigenvalue weighted by atomic mass is 35.5. The molecule has 0 aliphatic carbocycles. The van der Waals surface area contributed by atoms with Gasteiger partial charge in [-0.25, -0.2) is 28.1 Å². The van der Waals surface area contributed by atoms with Gasteiger partial charge in [0.25, 0.3) is 5.91 Å². The lowest BCUT2D eigenvalue weighted by Gasteiger charge is -2.10. The van der Waals surface area contributed by atoms with Crippen molar-refractivity contribution in [1.29, 1.82) is 0 Å². The molecule has 0 saturated carbocycles. The maximum Gasteiger partial charge on any atom is 0.258 e. The number of hydrogen-bond donors (Lipinski definition) is 2. The van der Waals surface area contributed by atoms with Crippen molar-refractivity contribution in [3.05, 3.63) is 83.8 Å². The molecular weight excluding hydrogens is 482 g/mol. The van der Waals surface area contributed by atoms with Crippen LogP contribution < -0.4 is 14.8 Å². The first-order valence-electron chi connectivity index (χ1n) is 9.73. The SMILES string of the molecule is CS(=O)(=O)Nc1cc(Cl)cc(NC(=O)c2cnn(-c3ncccc3OCc3cncnc3)c2)c1. The fourth-order valence-electron chi connectivity index (χ4n) is 2.93. The fourth-order valence-corrected chi connectivity index (χ4v) is 3.71. The van der Waals surface area contributed by atoms with Crippen LogP contribution in [0, 0.1) is 0 Å². The number of sulfonamides is 1. The summed E-state index contributed by atoms with van der Waals surface area (Å²) in [7, 11) is -3.51. The molecule has 0 unspecified atom stereocenters. The number of hydrogen-bond acceptors (Lipinski definition) is 8. The predicted octanol–water partition coefficient (Wildman–Crippen LogP) is 2.91. The van der Waals surface area contributed by atoms with Gasteiger partial charge in [-0.15, -0.1) is 0 Å². The van der Waals surface area contributed by atoms with E-state index in [1.807, 2.05) is 0 Å². The maximum atomic E-state index is 12.8. The first-order chi connectivity index (χ1) is 16.3. The first-order valence-corrected chi connectivity index (χ1v) is 12.0. The molecule has 2 N–H and O–H groups in total. The minimum Gasteiger partial charge on any atom is -0.485 e. The van der Waals surface area contributed by atoms with Crippen molar-refractivity contribution in [2.75, 3.05) is 16.3 Å². The van der Waals surface area contributed by atoms with E-state index in [9.17, 15) is 13.2 Å². The molecule has 4 rings (SSSR count). The molecule has 0 spiro atoms. The van der Waals surface area contributed by atoms with E-state index in [-0.39, 0.29) is 22.9 Å². The van der Waals surface area contributed by atoms with Crippen molar-refractivity contribution in [3.63, 3.8) is 0 Å². The van der Waals surface area contributed by atoms with Gasteiger partial charge in [0.15, 0.2) is 11.6 Å². The van der Waals surface area contributed by atoms with E-state index in [1.54, 1.807) is 30.7 Å². The number of nitrogens with one attached hydrogen (secondary N) is 2. The average Bonchev–Trinajstić information content (AvgIpc) is 3.27. The van der Waals surface area contributed by atoms with E-state index in [4.69, 9.17) is 16.3 Å². The molecule has 0 radical (unpaired) electrons. The third-order valence-electron chi connectivity index (χ3n) is 4.28. The number of carbonyl (C=O) groups is 1. The van der Waals surface area contributed by atoms with Gasteiger partial charge in [0.05, 0.1) is 23.7 Å². The van der Waals surface area contributed by atoms with Gasteiger partial charge in [-0.2, -0.15) is 5.10 Å². The summed E-state index contributed by atoms with van der Waals surface area (Å²) < 4.78 is 32.5. The summed E-state index contributed by atoms with van der Waals surface area (Å²) in [6.45, 7) is 0.229. The second kappa shape index (κ2) is 9.85. The van der Waals surface area contributed by atoms with E-state index >= 15 is 0 Å². The van der Waals surface area contributed by atoms with Crippen LogP contribution in [0.1, 0.15) is 15.9 Å². The third-order valence-corrected chi connectivity index (χ3v) is 5.10. The Morgan fingerprint density at radius 3 is 2.68 bits per heavy atom. The van der Waals surface area contributed by atoms with Crippen molar-refractivity contribution < 1.29 is 17.9 Å². The van der Waals surface area contributed by atoms with Gasteiger partial charge < -0.3 is 10.1 Å². The highest BCUT2D eigenvalue weighted by Crippen LogP contribution is 2.24. The van der Waals surface area contributed by atoms with Gasteiger partial charge in [-0.05, 0) is 30.3 Å². The molecule has 4 aromatic rings. The molecule has 0 aliphatic heterocycles. The number of benzene rings is 1. The monoisotopic (exact) mass is 499 g/mol. The molecular formula is C21H18ClN7O4S. The Kier molecular flexibility index (Phi) is 6.70. The van der Waals surface area contributed by atoms with Gasteiger partial charge in [0.2, 0.25) is 10.0 Å². The van der Waals surface area contributed by atoms with E-state index in [2.05, 4.69) is 30.1 Å². The van der Waals surface area contributed by atoms with Crippen molar-refractivity contribution in [1.82, 2.24) is 24.7 Å². The Labute approximate surface area is 199 Å². The van der Waals surface area contributed by atoms with Crippen molar-refractivity contribution in [3.8, 4) is 11.6 Å². The molecule has 0 fully saturated rings. The zero-order chi connectivity index (χ0) is 24.1. The van der Waals surface area contributed by atoms with Crippen molar-refractivity contribution in [2.45, 2.75) is 6.61 Å². The van der Waals surface area contributed by atoms with Gasteiger partial charge in [0, 0.05) is 41.1 Å². The average molecular weight is 500 g/mol. The molecule has 34 heavy (non-hydrogen) atoms. The quantitative estimate of drug-likeness (QED) is 0.377. The molecule has 3 heterocycles. The third kappa shape index (κ3) is 6.05. The second-order valence-corrected chi connectivity index (χ2v) is 9.28. The van der Waals surface area contributed by atoms with Crippen LogP contribution in [-0.4, -0.2) is 45.3 Å². The van der Waals surface area contributed by atoms with Crippen LogP contribution in [-0.2, 0) is 16.6 Å². The smallest absolute Gasteiger partial charge is 0.258 e. The van der Waals surface area contributed by atoms with Gasteiger partial charge in [0.1, 0.15) is 12.9 Å². The number of aromatic nitrogens is 5. The summed E-state index contributed by atoms with van der Waals surface area (Å²) >= 11 is 6.05. The standard InChI is InChI=1S/C21H18ClN7O4S/c1-34(31,32)28-18-6-16(22)5-17(7-18)27-21(30)15-10-26-29(11-15)20-19(3-2-4-25-20)33-12-14-8-23-13-24-9-14/h2-11,13,28H,12H2,1H3,(H,27,30). The van der Waals surface area contributed by atoms with Gasteiger partial charge >= 0.3 is 0 Å². The Balaban J connectivity index is 1.50. The summed E-state index contributed by atoms with van der Waals surface area (Å²) in [6.07, 6.45) is 10.2. The number of rotatable bonds is 8. The Hall–Kier alpha value is -4.03. The molecule has 0 bridgehead atoms. The Morgan fingerprint density at radius 1 is 1.15 bits per heavy atom.